The summed E-state index contributed by atoms with van der Waals surface area (Å²) in [4.78, 5) is 34.9. The molecule has 0 bridgehead atoms. The highest BCUT2D eigenvalue weighted by atomic mass is 79.9. The van der Waals surface area contributed by atoms with Crippen LogP contribution in [0.2, 0.25) is 0 Å². The Balaban J connectivity index is 3.37. The van der Waals surface area contributed by atoms with Gasteiger partial charge in [-0.3, -0.25) is 9.59 Å². The molecule has 0 aromatic heterocycles. The molecule has 0 N–H and O–H groups in total. The van der Waals surface area contributed by atoms with E-state index in [9.17, 15) is 14.4 Å². The van der Waals surface area contributed by atoms with Gasteiger partial charge >= 0.3 is 17.9 Å². The van der Waals surface area contributed by atoms with Crippen molar-refractivity contribution < 1.29 is 33.3 Å². The quantitative estimate of drug-likeness (QED) is 0.406. The molecule has 0 aromatic carbocycles. The van der Waals surface area contributed by atoms with Gasteiger partial charge in [0.15, 0.2) is 0 Å². The monoisotopic (exact) mass is 350 g/mol. The molecule has 0 heterocycles. The van der Waals surface area contributed by atoms with Crippen molar-refractivity contribution in [3.8, 4) is 0 Å². The molecule has 0 aromatic rings. The van der Waals surface area contributed by atoms with Gasteiger partial charge in [0, 0.05) is 0 Å². The highest BCUT2D eigenvalue weighted by molar-refractivity contribution is 9.09. The number of hydrogen-bond acceptors (Lipinski definition) is 7. The normalized spacial score (nSPS) is 24.6. The van der Waals surface area contributed by atoms with Crippen molar-refractivity contribution in [2.75, 3.05) is 28.4 Å². The number of esters is 3. The number of halogens is 1. The van der Waals surface area contributed by atoms with Gasteiger partial charge < -0.3 is 18.9 Å². The maximum Gasteiger partial charge on any atom is 0.338 e. The summed E-state index contributed by atoms with van der Waals surface area (Å²) in [7, 11) is 4.88. The smallest absolute Gasteiger partial charge is 0.338 e. The van der Waals surface area contributed by atoms with Crippen molar-refractivity contribution in [2.45, 2.75) is 11.2 Å². The van der Waals surface area contributed by atoms with Crippen LogP contribution in [-0.2, 0) is 33.3 Å². The molecule has 7 nitrogen and oxygen atoms in total. The third-order valence-corrected chi connectivity index (χ3v) is 4.36. The maximum atomic E-state index is 12.1. The molecule has 1 rings (SSSR count). The zero-order valence-electron chi connectivity index (χ0n) is 11.5. The molecule has 0 radical (unpaired) electrons. The molecule has 1 aliphatic carbocycles. The summed E-state index contributed by atoms with van der Waals surface area (Å²) < 4.78 is 19.0. The van der Waals surface area contributed by atoms with E-state index >= 15 is 0 Å². The van der Waals surface area contributed by atoms with Crippen LogP contribution in [0.4, 0.5) is 0 Å². The second-order valence-corrected chi connectivity index (χ2v) is 4.93. The summed E-state index contributed by atoms with van der Waals surface area (Å²) in [6.07, 6.45) is -0.358. The second kappa shape index (κ2) is 6.25. The molecule has 0 saturated carbocycles. The molecule has 0 saturated heterocycles. The van der Waals surface area contributed by atoms with Crippen LogP contribution in [0.5, 0.6) is 0 Å². The zero-order chi connectivity index (χ0) is 15.5. The molecular weight excluding hydrogens is 336 g/mol. The van der Waals surface area contributed by atoms with E-state index < -0.39 is 28.2 Å². The lowest BCUT2D eigenvalue weighted by atomic mass is 9.64. The molecule has 112 valence electrons. The first-order valence-electron chi connectivity index (χ1n) is 5.56. The van der Waals surface area contributed by atoms with Crippen LogP contribution < -0.4 is 0 Å². The highest BCUT2D eigenvalue weighted by Gasteiger charge is 2.64. The van der Waals surface area contributed by atoms with Crippen molar-refractivity contribution >= 4 is 33.8 Å². The lowest BCUT2D eigenvalue weighted by molar-refractivity contribution is -0.161. The molecule has 0 amide bonds. The van der Waals surface area contributed by atoms with Crippen molar-refractivity contribution in [3.05, 3.63) is 11.3 Å². The van der Waals surface area contributed by atoms with Crippen LogP contribution in [0.25, 0.3) is 0 Å². The Bertz CT molecular complexity index is 470. The van der Waals surface area contributed by atoms with E-state index in [1.54, 1.807) is 0 Å². The number of methoxy groups -OCH3 is 4. The number of ether oxygens (including phenoxy) is 4. The topological polar surface area (TPSA) is 88.1 Å². The summed E-state index contributed by atoms with van der Waals surface area (Å²) in [5, 5.41) is 0. The van der Waals surface area contributed by atoms with E-state index in [0.29, 0.717) is 0 Å². The standard InChI is InChI=1S/C12H15BrO7/c1-17-6(14)5-12(11(16)20-4)7(10(15)19-3)8(18-2)9(12)13/h9H,5H2,1-4H3. The highest BCUT2D eigenvalue weighted by Crippen LogP contribution is 2.54. The fourth-order valence-electron chi connectivity index (χ4n) is 2.15. The fraction of sp³-hybridized carbons (Fsp3) is 0.583. The number of carbonyl (C=O) groups is 3. The van der Waals surface area contributed by atoms with Gasteiger partial charge in [-0.05, 0) is 0 Å². The summed E-state index contributed by atoms with van der Waals surface area (Å²) in [5.74, 6) is -1.93. The lowest BCUT2D eigenvalue weighted by Crippen LogP contribution is -2.55. The van der Waals surface area contributed by atoms with Crippen molar-refractivity contribution in [1.82, 2.24) is 0 Å². The Hall–Kier alpha value is -1.57. The van der Waals surface area contributed by atoms with Gasteiger partial charge in [-0.2, -0.15) is 0 Å². The molecule has 1 aliphatic rings. The first-order valence-corrected chi connectivity index (χ1v) is 6.48. The van der Waals surface area contributed by atoms with Gasteiger partial charge in [-0.1, -0.05) is 15.9 Å². The second-order valence-electron chi connectivity index (χ2n) is 4.01. The minimum absolute atomic E-state index is 0.0402. The van der Waals surface area contributed by atoms with E-state index in [1.165, 1.54) is 28.4 Å². The van der Waals surface area contributed by atoms with Crippen LogP contribution in [0.1, 0.15) is 6.42 Å². The number of carbonyl (C=O) groups excluding carboxylic acids is 3. The molecule has 2 atom stereocenters. The van der Waals surface area contributed by atoms with Gasteiger partial charge in [-0.25, -0.2) is 4.79 Å². The van der Waals surface area contributed by atoms with Crippen molar-refractivity contribution in [1.29, 1.82) is 0 Å². The summed E-state index contributed by atoms with van der Waals surface area (Å²) in [5.41, 5.74) is -1.55. The van der Waals surface area contributed by atoms with Crippen molar-refractivity contribution in [3.63, 3.8) is 0 Å². The van der Waals surface area contributed by atoms with Crippen LogP contribution in [-0.4, -0.2) is 51.2 Å². The maximum absolute atomic E-state index is 12.1. The molecular formula is C12H15BrO7. The van der Waals surface area contributed by atoms with E-state index in [0.717, 1.165) is 0 Å². The van der Waals surface area contributed by atoms with Gasteiger partial charge in [0.2, 0.25) is 0 Å². The number of allylic oxidation sites excluding steroid dienone is 1. The minimum Gasteiger partial charge on any atom is -0.499 e. The average molecular weight is 351 g/mol. The molecule has 0 fully saturated rings. The van der Waals surface area contributed by atoms with E-state index in [4.69, 9.17) is 9.47 Å². The number of rotatable bonds is 5. The molecule has 20 heavy (non-hydrogen) atoms. The molecule has 0 aliphatic heterocycles. The number of hydrogen-bond donors (Lipinski definition) is 0. The Kier molecular flexibility index (Phi) is 5.15. The van der Waals surface area contributed by atoms with Gasteiger partial charge in [0.1, 0.15) is 11.2 Å². The van der Waals surface area contributed by atoms with E-state index in [-0.39, 0.29) is 17.8 Å². The van der Waals surface area contributed by atoms with Crippen molar-refractivity contribution in [2.24, 2.45) is 5.41 Å². The largest absolute Gasteiger partial charge is 0.499 e. The third kappa shape index (κ3) is 2.28. The summed E-state index contributed by atoms with van der Waals surface area (Å²) in [6.45, 7) is 0. The lowest BCUT2D eigenvalue weighted by Gasteiger charge is -2.44. The predicted octanol–water partition coefficient (Wildman–Crippen LogP) is 0.560. The van der Waals surface area contributed by atoms with E-state index in [2.05, 4.69) is 25.4 Å². The minimum atomic E-state index is -1.51. The Labute approximate surface area is 124 Å². The first-order chi connectivity index (χ1) is 9.40. The molecule has 0 spiro atoms. The number of alkyl halides is 1. The SMILES string of the molecule is COC(=O)CC1(C(=O)OC)C(C(=O)OC)=C(OC)C1Br. The van der Waals surface area contributed by atoms with Crippen LogP contribution in [0, 0.1) is 5.41 Å². The van der Waals surface area contributed by atoms with Gasteiger partial charge in [0.25, 0.3) is 0 Å². The average Bonchev–Trinajstić information content (AvgIpc) is 2.47. The molecule has 8 heteroatoms. The zero-order valence-corrected chi connectivity index (χ0v) is 13.1. The Morgan fingerprint density at radius 1 is 1.10 bits per heavy atom. The Morgan fingerprint density at radius 2 is 1.70 bits per heavy atom. The molecule has 2 unspecified atom stereocenters. The summed E-state index contributed by atoms with van der Waals surface area (Å²) in [6, 6.07) is 0. The van der Waals surface area contributed by atoms with Gasteiger partial charge in [-0.15, -0.1) is 0 Å². The van der Waals surface area contributed by atoms with Crippen LogP contribution in [0.15, 0.2) is 11.3 Å². The first kappa shape index (κ1) is 16.5. The predicted molar refractivity (Wildman–Crippen MR) is 69.8 cm³/mol. The van der Waals surface area contributed by atoms with Gasteiger partial charge in [0.05, 0.1) is 45.3 Å². The van der Waals surface area contributed by atoms with E-state index in [1.807, 2.05) is 0 Å². The van der Waals surface area contributed by atoms with Crippen LogP contribution >= 0.6 is 15.9 Å². The summed E-state index contributed by atoms with van der Waals surface area (Å²) >= 11 is 3.25. The van der Waals surface area contributed by atoms with Crippen LogP contribution in [0.3, 0.4) is 0 Å². The Morgan fingerprint density at radius 3 is 2.10 bits per heavy atom. The fourth-order valence-corrected chi connectivity index (χ4v) is 3.14. The third-order valence-electron chi connectivity index (χ3n) is 3.17.